The zero-order valence-corrected chi connectivity index (χ0v) is 28.1. The predicted molar refractivity (Wildman–Crippen MR) is 181 cm³/mol. The van der Waals surface area contributed by atoms with Crippen LogP contribution in [-0.2, 0) is 44.8 Å². The van der Waals surface area contributed by atoms with Gasteiger partial charge in [0.05, 0.1) is 19.6 Å². The third-order valence-electron chi connectivity index (χ3n) is 7.21. The molecular formula is C30H47N11O11. The number of hydrogen-bond donors (Lipinski definition) is 14. The van der Waals surface area contributed by atoms with E-state index in [0.717, 1.165) is 0 Å². The van der Waals surface area contributed by atoms with E-state index in [1.807, 2.05) is 0 Å². The first kappa shape index (κ1) is 44.2. The second kappa shape index (κ2) is 22.8. The zero-order chi connectivity index (χ0) is 39.4. The van der Waals surface area contributed by atoms with Gasteiger partial charge in [0, 0.05) is 19.4 Å². The Balaban J connectivity index is 3.26. The highest BCUT2D eigenvalue weighted by Crippen LogP contribution is 2.07. The Morgan fingerprint density at radius 3 is 1.71 bits per heavy atom. The number of aliphatic hydroxyl groups is 2. The molecule has 0 spiro atoms. The third-order valence-corrected chi connectivity index (χ3v) is 7.21. The molecule has 1 aromatic carbocycles. The van der Waals surface area contributed by atoms with Gasteiger partial charge in [-0.2, -0.15) is 0 Å². The maximum Gasteiger partial charge on any atom is 0.326 e. The van der Waals surface area contributed by atoms with E-state index in [1.165, 1.54) is 0 Å². The van der Waals surface area contributed by atoms with Gasteiger partial charge in [0.25, 0.3) is 0 Å². The Labute approximate surface area is 297 Å². The van der Waals surface area contributed by atoms with E-state index in [9.17, 15) is 53.7 Å². The first-order chi connectivity index (χ1) is 24.5. The summed E-state index contributed by atoms with van der Waals surface area (Å²) in [7, 11) is 0. The topological polar surface area (TPSA) is 397 Å². The van der Waals surface area contributed by atoms with E-state index in [1.54, 1.807) is 30.3 Å². The summed E-state index contributed by atoms with van der Waals surface area (Å²) < 4.78 is 0. The lowest BCUT2D eigenvalue weighted by Gasteiger charge is -2.26. The average Bonchev–Trinajstić information content (AvgIpc) is 3.08. The predicted octanol–water partition coefficient (Wildman–Crippen LogP) is -6.55. The van der Waals surface area contributed by atoms with Crippen LogP contribution < -0.4 is 54.8 Å². The van der Waals surface area contributed by atoms with Crippen molar-refractivity contribution >= 4 is 53.3 Å². The Bertz CT molecular complexity index is 1430. The summed E-state index contributed by atoms with van der Waals surface area (Å²) in [6.45, 7) is -1.61. The van der Waals surface area contributed by atoms with Crippen LogP contribution in [0.1, 0.15) is 37.7 Å². The summed E-state index contributed by atoms with van der Waals surface area (Å²) in [5.74, 6) is -8.92. The van der Waals surface area contributed by atoms with Crippen LogP contribution in [0.25, 0.3) is 0 Å². The number of primary amides is 2. The summed E-state index contributed by atoms with van der Waals surface area (Å²) in [5, 5.41) is 49.8. The molecule has 1 rings (SSSR count). The molecule has 0 fully saturated rings. The number of nitrogens with two attached hydrogens (primary N) is 4. The molecular weight excluding hydrogens is 690 g/mol. The number of aliphatic carboxylic acids is 1. The smallest absolute Gasteiger partial charge is 0.326 e. The summed E-state index contributed by atoms with van der Waals surface area (Å²) >= 11 is 0. The molecule has 0 bridgehead atoms. The lowest BCUT2D eigenvalue weighted by atomic mass is 10.0. The van der Waals surface area contributed by atoms with E-state index < -0.39 is 116 Å². The number of guanidine groups is 1. The molecule has 52 heavy (non-hydrogen) atoms. The average molecular weight is 738 g/mol. The Morgan fingerprint density at radius 1 is 0.654 bits per heavy atom. The van der Waals surface area contributed by atoms with Crippen molar-refractivity contribution in [3.05, 3.63) is 35.9 Å². The number of aliphatic hydroxyl groups excluding tert-OH is 2. The molecule has 1 aromatic rings. The zero-order valence-electron chi connectivity index (χ0n) is 28.1. The highest BCUT2D eigenvalue weighted by molar-refractivity contribution is 5.97. The summed E-state index contributed by atoms with van der Waals surface area (Å²) in [6, 6.07) is -1.16. The molecule has 0 heterocycles. The summed E-state index contributed by atoms with van der Waals surface area (Å²) in [4.78, 5) is 100. The van der Waals surface area contributed by atoms with Gasteiger partial charge in [-0.3, -0.25) is 39.0 Å². The minimum Gasteiger partial charge on any atom is -0.480 e. The van der Waals surface area contributed by atoms with Gasteiger partial charge in [0.1, 0.15) is 36.3 Å². The van der Waals surface area contributed by atoms with Crippen molar-refractivity contribution in [1.82, 2.24) is 31.9 Å². The normalized spacial score (nSPS) is 14.1. The highest BCUT2D eigenvalue weighted by Gasteiger charge is 2.33. The molecule has 0 unspecified atom stereocenters. The van der Waals surface area contributed by atoms with E-state index in [-0.39, 0.29) is 31.8 Å². The van der Waals surface area contributed by atoms with Gasteiger partial charge in [-0.05, 0) is 24.8 Å². The number of rotatable bonds is 24. The van der Waals surface area contributed by atoms with Gasteiger partial charge in [-0.25, -0.2) is 4.79 Å². The molecule has 0 radical (unpaired) electrons. The molecule has 22 heteroatoms. The van der Waals surface area contributed by atoms with Crippen molar-refractivity contribution in [2.45, 2.75) is 74.8 Å². The van der Waals surface area contributed by atoms with E-state index >= 15 is 0 Å². The number of carbonyl (C=O) groups is 8. The van der Waals surface area contributed by atoms with Gasteiger partial charge in [-0.15, -0.1) is 0 Å². The van der Waals surface area contributed by atoms with E-state index in [2.05, 4.69) is 31.9 Å². The number of hydrogen-bond acceptors (Lipinski definition) is 12. The number of carbonyl (C=O) groups excluding carboxylic acids is 7. The molecule has 0 saturated carbocycles. The van der Waals surface area contributed by atoms with Crippen molar-refractivity contribution in [2.24, 2.45) is 22.9 Å². The van der Waals surface area contributed by atoms with Crippen LogP contribution in [0, 0.1) is 5.41 Å². The second-order valence-corrected chi connectivity index (χ2v) is 11.5. The Morgan fingerprint density at radius 2 is 1.17 bits per heavy atom. The van der Waals surface area contributed by atoms with Gasteiger partial charge in [0.15, 0.2) is 5.96 Å². The van der Waals surface area contributed by atoms with Crippen LogP contribution in [0.2, 0.25) is 0 Å². The Kier molecular flexibility index (Phi) is 19.3. The van der Waals surface area contributed by atoms with Crippen LogP contribution in [0.5, 0.6) is 0 Å². The third kappa shape index (κ3) is 16.7. The molecule has 288 valence electrons. The number of carboxylic acids is 1. The number of carboxylic acid groups (broad SMARTS) is 1. The van der Waals surface area contributed by atoms with Crippen LogP contribution in [0.3, 0.4) is 0 Å². The van der Waals surface area contributed by atoms with Crippen molar-refractivity contribution in [3.63, 3.8) is 0 Å². The number of nitrogens with one attached hydrogen (secondary N) is 7. The molecule has 18 N–H and O–H groups in total. The highest BCUT2D eigenvalue weighted by atomic mass is 16.4. The van der Waals surface area contributed by atoms with Crippen LogP contribution in [-0.4, -0.2) is 125 Å². The monoisotopic (exact) mass is 737 g/mol. The molecule has 0 aliphatic carbocycles. The maximum absolute atomic E-state index is 13.6. The molecule has 0 saturated heterocycles. The fourth-order valence-electron chi connectivity index (χ4n) is 4.46. The molecule has 22 nitrogen and oxygen atoms in total. The minimum absolute atomic E-state index is 0.0661. The maximum atomic E-state index is 13.6. The van der Waals surface area contributed by atoms with Gasteiger partial charge in [0.2, 0.25) is 41.4 Å². The van der Waals surface area contributed by atoms with Gasteiger partial charge < -0.3 is 70.2 Å². The quantitative estimate of drug-likeness (QED) is 0.0267. The lowest BCUT2D eigenvalue weighted by Crippen LogP contribution is -2.60. The van der Waals surface area contributed by atoms with Crippen LogP contribution in [0.15, 0.2) is 30.3 Å². The van der Waals surface area contributed by atoms with Gasteiger partial charge >= 0.3 is 5.97 Å². The Hall–Kier alpha value is -5.87. The minimum atomic E-state index is -1.74. The number of benzene rings is 1. The van der Waals surface area contributed by atoms with E-state index in [4.69, 9.17) is 28.3 Å². The number of amides is 7. The molecule has 0 aliphatic heterocycles. The van der Waals surface area contributed by atoms with Crippen molar-refractivity contribution in [3.8, 4) is 0 Å². The summed E-state index contributed by atoms with van der Waals surface area (Å²) in [6.07, 6.45) is -1.70. The fraction of sp³-hybridized carbons (Fsp3) is 0.500. The standard InChI is InChI=1S/C30H47N11O11/c31-16(13-42)24(46)37-17(7-4-10-36-30(34)35)25(47)41-21(14-43)28(50)39-19(11-15-5-2-1-3-6-15)26(48)40-20(12-23(33)45)27(49)38-18(29(51)52)8-9-22(32)44/h1-3,5-6,16-21,42-43H,4,7-14,31H2,(H2,32,44)(H2,33,45)(H,37,46)(H,38,49)(H,39,50)(H,40,48)(H,41,47)(H,51,52)(H4,34,35,36)/t16-,17-,18-,19-,20-,21-/m0/s1. The molecule has 0 aromatic heterocycles. The molecule has 6 atom stereocenters. The SMILES string of the molecule is N=C(N)NCCC[C@H](NC(=O)[C@@H](N)CO)C(=O)N[C@@H](CO)C(=O)N[C@@H](Cc1ccccc1)C(=O)N[C@@H](CC(N)=O)C(=O)N[C@@H](CCC(N)=O)C(=O)O. The fourth-order valence-corrected chi connectivity index (χ4v) is 4.46. The molecule has 7 amide bonds. The van der Waals surface area contributed by atoms with Crippen molar-refractivity contribution in [1.29, 1.82) is 5.41 Å². The second-order valence-electron chi connectivity index (χ2n) is 11.5. The summed E-state index contributed by atoms with van der Waals surface area (Å²) in [5.41, 5.74) is 21.6. The van der Waals surface area contributed by atoms with Crippen LogP contribution >= 0.6 is 0 Å². The van der Waals surface area contributed by atoms with Crippen molar-refractivity contribution in [2.75, 3.05) is 19.8 Å². The van der Waals surface area contributed by atoms with E-state index in [0.29, 0.717) is 5.56 Å². The van der Waals surface area contributed by atoms with Crippen LogP contribution in [0.4, 0.5) is 0 Å². The lowest BCUT2D eigenvalue weighted by molar-refractivity contribution is -0.142. The molecule has 0 aliphatic rings. The van der Waals surface area contributed by atoms with Crippen molar-refractivity contribution < 1.29 is 53.7 Å². The first-order valence-electron chi connectivity index (χ1n) is 15.9. The largest absolute Gasteiger partial charge is 0.480 e. The first-order valence-corrected chi connectivity index (χ1v) is 15.9. The van der Waals surface area contributed by atoms with Gasteiger partial charge in [-0.1, -0.05) is 30.3 Å².